The highest BCUT2D eigenvalue weighted by atomic mass is 16.6. The minimum atomic E-state index is -0.657. The fraction of sp³-hybridized carbons (Fsp3) is 0.727. The van der Waals surface area contributed by atoms with Crippen molar-refractivity contribution in [2.75, 3.05) is 26.7 Å². The van der Waals surface area contributed by atoms with Gasteiger partial charge in [-0.2, -0.15) is 0 Å². The molecule has 0 fully saturated rings. The summed E-state index contributed by atoms with van der Waals surface area (Å²) in [7, 11) is 1.25. The van der Waals surface area contributed by atoms with E-state index in [1.165, 1.54) is 7.11 Å². The number of ether oxygens (including phenoxy) is 2. The van der Waals surface area contributed by atoms with E-state index in [2.05, 4.69) is 20.7 Å². The molecule has 0 atom stereocenters. The maximum absolute atomic E-state index is 11.3. The third-order valence-electron chi connectivity index (χ3n) is 1.69. The molecule has 8 nitrogen and oxygen atoms in total. The molecule has 110 valence electrons. The zero-order valence-electron chi connectivity index (χ0n) is 11.7. The predicted octanol–water partition coefficient (Wildman–Crippen LogP) is -0.0167. The second kappa shape index (κ2) is 8.17. The largest absolute Gasteiger partial charge is 0.453 e. The van der Waals surface area contributed by atoms with Crippen LogP contribution in [0.1, 0.15) is 20.8 Å². The van der Waals surface area contributed by atoms with Gasteiger partial charge in [0.25, 0.3) is 0 Å². The maximum Gasteiger partial charge on any atom is 0.408 e. The first-order chi connectivity index (χ1) is 8.74. The van der Waals surface area contributed by atoms with Gasteiger partial charge in [-0.3, -0.25) is 4.79 Å². The molecule has 0 aliphatic heterocycles. The Morgan fingerprint density at radius 3 is 2.05 bits per heavy atom. The number of nitrogens with one attached hydrogen (secondary N) is 3. The molecule has 3 amide bonds. The highest BCUT2D eigenvalue weighted by Gasteiger charge is 2.16. The monoisotopic (exact) mass is 275 g/mol. The molecule has 0 rings (SSSR count). The van der Waals surface area contributed by atoms with E-state index < -0.39 is 17.8 Å². The quantitative estimate of drug-likeness (QED) is 0.612. The fourth-order valence-electron chi connectivity index (χ4n) is 0.968. The van der Waals surface area contributed by atoms with Crippen molar-refractivity contribution < 1.29 is 23.9 Å². The molecule has 0 aliphatic carbocycles. The minimum absolute atomic E-state index is 0.187. The number of alkyl carbamates (subject to hydrolysis) is 2. The highest BCUT2D eigenvalue weighted by Crippen LogP contribution is 2.05. The van der Waals surface area contributed by atoms with E-state index in [0.29, 0.717) is 0 Å². The lowest BCUT2D eigenvalue weighted by atomic mass is 10.2. The van der Waals surface area contributed by atoms with Gasteiger partial charge in [-0.15, -0.1) is 0 Å². The van der Waals surface area contributed by atoms with Gasteiger partial charge in [-0.25, -0.2) is 9.59 Å². The number of methoxy groups -OCH3 is 1. The predicted molar refractivity (Wildman–Crippen MR) is 67.7 cm³/mol. The summed E-state index contributed by atoms with van der Waals surface area (Å²) in [6.07, 6.45) is -1.23. The summed E-state index contributed by atoms with van der Waals surface area (Å²) in [6.45, 7) is 5.48. The molecule has 0 saturated carbocycles. The van der Waals surface area contributed by atoms with Gasteiger partial charge in [0.15, 0.2) is 0 Å². The summed E-state index contributed by atoms with van der Waals surface area (Å²) in [5.41, 5.74) is -0.606. The summed E-state index contributed by atoms with van der Waals surface area (Å²) in [5, 5.41) is 7.21. The Bertz CT molecular complexity index is 325. The molecule has 0 aromatic rings. The number of amides is 3. The van der Waals surface area contributed by atoms with Crippen LogP contribution < -0.4 is 16.0 Å². The Balaban J connectivity index is 3.65. The smallest absolute Gasteiger partial charge is 0.408 e. The molecule has 3 N–H and O–H groups in total. The first kappa shape index (κ1) is 17.0. The first-order valence-corrected chi connectivity index (χ1v) is 5.80. The number of rotatable bonds is 5. The third kappa shape index (κ3) is 10.9. The Hall–Kier alpha value is -1.99. The fourth-order valence-corrected chi connectivity index (χ4v) is 0.968. The van der Waals surface area contributed by atoms with E-state index in [9.17, 15) is 14.4 Å². The molecule has 0 heterocycles. The van der Waals surface area contributed by atoms with E-state index in [-0.39, 0.29) is 25.5 Å². The van der Waals surface area contributed by atoms with Crippen molar-refractivity contribution in [3.05, 3.63) is 0 Å². The van der Waals surface area contributed by atoms with E-state index in [4.69, 9.17) is 4.74 Å². The van der Waals surface area contributed by atoms with Crippen molar-refractivity contribution in [1.82, 2.24) is 16.0 Å². The Morgan fingerprint density at radius 2 is 1.53 bits per heavy atom. The Labute approximate surface area is 112 Å². The van der Waals surface area contributed by atoms with Crippen molar-refractivity contribution in [1.29, 1.82) is 0 Å². The molecule has 0 radical (unpaired) electrons. The van der Waals surface area contributed by atoms with Gasteiger partial charge in [0.05, 0.1) is 13.7 Å². The summed E-state index contributed by atoms with van der Waals surface area (Å²) in [5.74, 6) is -0.377. The zero-order chi connectivity index (χ0) is 14.9. The van der Waals surface area contributed by atoms with E-state index in [1.54, 1.807) is 20.8 Å². The molecule has 0 aromatic heterocycles. The van der Waals surface area contributed by atoms with Crippen molar-refractivity contribution >= 4 is 18.1 Å². The van der Waals surface area contributed by atoms with Crippen LogP contribution in [-0.2, 0) is 14.3 Å². The lowest BCUT2D eigenvalue weighted by Gasteiger charge is -2.19. The molecule has 19 heavy (non-hydrogen) atoms. The average molecular weight is 275 g/mol. The molecule has 0 unspecified atom stereocenters. The number of hydrogen-bond acceptors (Lipinski definition) is 5. The standard InChI is InChI=1S/C11H21N3O5/c1-11(2,3)19-10(17)14-7-8(15)12-5-6-13-9(16)18-4/h5-7H2,1-4H3,(H,12,15)(H,13,16)(H,14,17). The third-order valence-corrected chi connectivity index (χ3v) is 1.69. The molecular weight excluding hydrogens is 254 g/mol. The summed E-state index contributed by atoms with van der Waals surface area (Å²) < 4.78 is 9.30. The van der Waals surface area contributed by atoms with Crippen LogP contribution in [0.15, 0.2) is 0 Å². The van der Waals surface area contributed by atoms with Crippen molar-refractivity contribution in [3.63, 3.8) is 0 Å². The van der Waals surface area contributed by atoms with Crippen LogP contribution in [0.25, 0.3) is 0 Å². The van der Waals surface area contributed by atoms with Crippen LogP contribution in [-0.4, -0.2) is 50.4 Å². The van der Waals surface area contributed by atoms with E-state index in [0.717, 1.165) is 0 Å². The van der Waals surface area contributed by atoms with Crippen molar-refractivity contribution in [2.24, 2.45) is 0 Å². The van der Waals surface area contributed by atoms with Crippen LogP contribution >= 0.6 is 0 Å². The minimum Gasteiger partial charge on any atom is -0.453 e. The van der Waals surface area contributed by atoms with Crippen LogP contribution in [0.4, 0.5) is 9.59 Å². The van der Waals surface area contributed by atoms with Crippen molar-refractivity contribution in [3.8, 4) is 0 Å². The molecule has 0 spiro atoms. The van der Waals surface area contributed by atoms with Gasteiger partial charge in [-0.05, 0) is 20.8 Å². The number of carbonyl (C=O) groups is 3. The number of carbonyl (C=O) groups excluding carboxylic acids is 3. The maximum atomic E-state index is 11.3. The molecule has 0 aromatic carbocycles. The van der Waals surface area contributed by atoms with Crippen LogP contribution in [0.3, 0.4) is 0 Å². The topological polar surface area (TPSA) is 106 Å². The van der Waals surface area contributed by atoms with Gasteiger partial charge in [0.2, 0.25) is 5.91 Å². The lowest BCUT2D eigenvalue weighted by Crippen LogP contribution is -2.41. The summed E-state index contributed by atoms with van der Waals surface area (Å²) >= 11 is 0. The summed E-state index contributed by atoms with van der Waals surface area (Å²) in [6, 6.07) is 0. The number of hydrogen-bond donors (Lipinski definition) is 3. The lowest BCUT2D eigenvalue weighted by molar-refractivity contribution is -0.120. The molecule has 0 aliphatic rings. The average Bonchev–Trinajstić information content (AvgIpc) is 2.29. The normalized spacial score (nSPS) is 10.3. The van der Waals surface area contributed by atoms with Gasteiger partial charge < -0.3 is 25.4 Å². The molecule has 0 saturated heterocycles. The SMILES string of the molecule is COC(=O)NCCNC(=O)CNC(=O)OC(C)(C)C. The van der Waals surface area contributed by atoms with E-state index >= 15 is 0 Å². The molecule has 8 heteroatoms. The van der Waals surface area contributed by atoms with Gasteiger partial charge >= 0.3 is 12.2 Å². The zero-order valence-corrected chi connectivity index (χ0v) is 11.7. The molecular formula is C11H21N3O5. The Kier molecular flexibility index (Phi) is 7.32. The van der Waals surface area contributed by atoms with Gasteiger partial charge in [0.1, 0.15) is 5.60 Å². The Morgan fingerprint density at radius 1 is 0.947 bits per heavy atom. The van der Waals surface area contributed by atoms with Gasteiger partial charge in [0, 0.05) is 13.1 Å². The second-order valence-corrected chi connectivity index (χ2v) is 4.62. The van der Waals surface area contributed by atoms with Crippen LogP contribution in [0.5, 0.6) is 0 Å². The second-order valence-electron chi connectivity index (χ2n) is 4.62. The van der Waals surface area contributed by atoms with Crippen LogP contribution in [0, 0.1) is 0 Å². The highest BCUT2D eigenvalue weighted by molar-refractivity contribution is 5.82. The summed E-state index contributed by atoms with van der Waals surface area (Å²) in [4.78, 5) is 33.2. The van der Waals surface area contributed by atoms with Crippen LogP contribution in [0.2, 0.25) is 0 Å². The molecule has 0 bridgehead atoms. The van der Waals surface area contributed by atoms with E-state index in [1.807, 2.05) is 0 Å². The first-order valence-electron chi connectivity index (χ1n) is 5.80. The van der Waals surface area contributed by atoms with Gasteiger partial charge in [-0.1, -0.05) is 0 Å². The van der Waals surface area contributed by atoms with Crippen molar-refractivity contribution in [2.45, 2.75) is 26.4 Å².